The van der Waals surface area contributed by atoms with E-state index < -0.39 is 4.92 Å². The van der Waals surface area contributed by atoms with Gasteiger partial charge in [-0.3, -0.25) is 10.1 Å². The van der Waals surface area contributed by atoms with Crippen molar-refractivity contribution in [3.05, 3.63) is 61.6 Å². The van der Waals surface area contributed by atoms with Crippen molar-refractivity contribution >= 4 is 44.8 Å². The normalized spacial score (nSPS) is 10.3. The van der Waals surface area contributed by atoms with Gasteiger partial charge in [0.15, 0.2) is 0 Å². The van der Waals surface area contributed by atoms with E-state index in [1.54, 1.807) is 24.3 Å². The molecule has 0 aromatic heterocycles. The summed E-state index contributed by atoms with van der Waals surface area (Å²) >= 11 is 15.0. The number of nitro benzene ring substituents is 1. The van der Waals surface area contributed by atoms with E-state index in [0.717, 1.165) is 4.47 Å². The first kappa shape index (κ1) is 15.1. The van der Waals surface area contributed by atoms with Crippen molar-refractivity contribution in [2.24, 2.45) is 0 Å². The SMILES string of the molecule is O=[N+]([O-])c1cc(CCl)ccc1Oc1ccc(Br)cc1Cl. The molecule has 7 heteroatoms. The highest BCUT2D eigenvalue weighted by Crippen LogP contribution is 2.36. The molecule has 0 spiro atoms. The van der Waals surface area contributed by atoms with Crippen molar-refractivity contribution in [3.8, 4) is 11.5 Å². The molecule has 0 aliphatic heterocycles. The van der Waals surface area contributed by atoms with Crippen LogP contribution in [0.4, 0.5) is 5.69 Å². The Morgan fingerprint density at radius 2 is 1.90 bits per heavy atom. The number of hydrogen-bond acceptors (Lipinski definition) is 3. The molecule has 0 aliphatic rings. The Labute approximate surface area is 133 Å². The van der Waals surface area contributed by atoms with Crippen LogP contribution < -0.4 is 4.74 Å². The molecule has 0 aliphatic carbocycles. The molecule has 0 unspecified atom stereocenters. The van der Waals surface area contributed by atoms with Gasteiger partial charge in [0.1, 0.15) is 5.75 Å². The van der Waals surface area contributed by atoms with Crippen molar-refractivity contribution in [2.45, 2.75) is 5.88 Å². The maximum atomic E-state index is 11.1. The van der Waals surface area contributed by atoms with Crippen LogP contribution >= 0.6 is 39.1 Å². The van der Waals surface area contributed by atoms with Crippen LogP contribution in [0.5, 0.6) is 11.5 Å². The first-order valence-electron chi connectivity index (χ1n) is 5.47. The fourth-order valence-electron chi connectivity index (χ4n) is 1.55. The third kappa shape index (κ3) is 3.42. The lowest BCUT2D eigenvalue weighted by Gasteiger charge is -2.09. The topological polar surface area (TPSA) is 52.4 Å². The number of halogens is 3. The van der Waals surface area contributed by atoms with Gasteiger partial charge in [-0.1, -0.05) is 33.6 Å². The summed E-state index contributed by atoms with van der Waals surface area (Å²) in [5, 5.41) is 11.4. The van der Waals surface area contributed by atoms with Gasteiger partial charge in [0.2, 0.25) is 5.75 Å². The summed E-state index contributed by atoms with van der Waals surface area (Å²) in [7, 11) is 0. The molecule has 0 saturated heterocycles. The van der Waals surface area contributed by atoms with Gasteiger partial charge >= 0.3 is 5.69 Å². The quantitative estimate of drug-likeness (QED) is 0.399. The highest BCUT2D eigenvalue weighted by Gasteiger charge is 2.17. The van der Waals surface area contributed by atoms with E-state index in [1.165, 1.54) is 12.1 Å². The molecule has 2 rings (SSSR count). The molecule has 0 atom stereocenters. The molecule has 4 nitrogen and oxygen atoms in total. The zero-order valence-corrected chi connectivity index (χ0v) is 13.1. The fourth-order valence-corrected chi connectivity index (χ4v) is 2.43. The van der Waals surface area contributed by atoms with Crippen molar-refractivity contribution in [1.82, 2.24) is 0 Å². The molecule has 2 aromatic carbocycles. The first-order chi connectivity index (χ1) is 9.51. The second kappa shape index (κ2) is 6.43. The average molecular weight is 377 g/mol. The molecule has 20 heavy (non-hydrogen) atoms. The highest BCUT2D eigenvalue weighted by molar-refractivity contribution is 9.10. The molecule has 2 aromatic rings. The first-order valence-corrected chi connectivity index (χ1v) is 7.18. The Kier molecular flexibility index (Phi) is 4.86. The zero-order valence-electron chi connectivity index (χ0n) is 9.98. The van der Waals surface area contributed by atoms with Crippen LogP contribution in [-0.4, -0.2) is 4.92 Å². The number of alkyl halides is 1. The van der Waals surface area contributed by atoms with E-state index in [2.05, 4.69) is 15.9 Å². The monoisotopic (exact) mass is 375 g/mol. The van der Waals surface area contributed by atoms with E-state index in [-0.39, 0.29) is 17.3 Å². The smallest absolute Gasteiger partial charge is 0.311 e. The van der Waals surface area contributed by atoms with Crippen molar-refractivity contribution in [2.75, 3.05) is 0 Å². The molecule has 104 valence electrons. The van der Waals surface area contributed by atoms with Crippen LogP contribution in [0.2, 0.25) is 5.02 Å². The molecular formula is C13H8BrCl2NO3. The number of ether oxygens (including phenoxy) is 1. The fraction of sp³-hybridized carbons (Fsp3) is 0.0769. The predicted octanol–water partition coefficient (Wildman–Crippen LogP) is 5.54. The molecule has 0 fully saturated rings. The Balaban J connectivity index is 2.40. The number of hydrogen-bond donors (Lipinski definition) is 0. The third-order valence-electron chi connectivity index (χ3n) is 2.49. The summed E-state index contributed by atoms with van der Waals surface area (Å²) in [4.78, 5) is 10.5. The average Bonchev–Trinajstić information content (AvgIpc) is 2.42. The van der Waals surface area contributed by atoms with E-state index in [9.17, 15) is 10.1 Å². The van der Waals surface area contributed by atoms with Gasteiger partial charge in [0.25, 0.3) is 0 Å². The van der Waals surface area contributed by atoms with Gasteiger partial charge < -0.3 is 4.74 Å². The minimum atomic E-state index is -0.516. The zero-order chi connectivity index (χ0) is 14.7. The minimum absolute atomic E-state index is 0.119. The lowest BCUT2D eigenvalue weighted by molar-refractivity contribution is -0.385. The molecule has 0 saturated carbocycles. The Bertz CT molecular complexity index is 664. The lowest BCUT2D eigenvalue weighted by atomic mass is 10.2. The van der Waals surface area contributed by atoms with Crippen LogP contribution in [0.3, 0.4) is 0 Å². The maximum absolute atomic E-state index is 11.1. The minimum Gasteiger partial charge on any atom is -0.449 e. The molecule has 0 bridgehead atoms. The Morgan fingerprint density at radius 1 is 1.20 bits per heavy atom. The second-order valence-corrected chi connectivity index (χ2v) is 5.46. The molecule has 0 radical (unpaired) electrons. The molecule has 0 N–H and O–H groups in total. The predicted molar refractivity (Wildman–Crippen MR) is 81.9 cm³/mol. The standard InChI is InChI=1S/C13H8BrCl2NO3/c14-9-2-4-12(10(16)6-9)20-13-3-1-8(7-15)5-11(13)17(18)19/h1-6H,7H2. The van der Waals surface area contributed by atoms with Crippen molar-refractivity contribution < 1.29 is 9.66 Å². The highest BCUT2D eigenvalue weighted by atomic mass is 79.9. The van der Waals surface area contributed by atoms with E-state index >= 15 is 0 Å². The Hall–Kier alpha value is -1.30. The van der Waals surface area contributed by atoms with E-state index in [0.29, 0.717) is 16.3 Å². The number of nitrogens with zero attached hydrogens (tertiary/aromatic N) is 1. The largest absolute Gasteiger partial charge is 0.449 e. The van der Waals surface area contributed by atoms with Crippen LogP contribution in [0.15, 0.2) is 40.9 Å². The number of rotatable bonds is 4. The van der Waals surface area contributed by atoms with Crippen molar-refractivity contribution in [1.29, 1.82) is 0 Å². The summed E-state index contributed by atoms with van der Waals surface area (Å²) in [6.07, 6.45) is 0. The molecule has 0 heterocycles. The third-order valence-corrected chi connectivity index (χ3v) is 3.59. The number of nitro groups is 1. The van der Waals surface area contributed by atoms with E-state index in [4.69, 9.17) is 27.9 Å². The summed E-state index contributed by atoms with van der Waals surface area (Å²) < 4.78 is 6.31. The maximum Gasteiger partial charge on any atom is 0.311 e. The Morgan fingerprint density at radius 3 is 2.50 bits per heavy atom. The molecule has 0 amide bonds. The van der Waals surface area contributed by atoms with Gasteiger partial charge in [-0.15, -0.1) is 11.6 Å². The van der Waals surface area contributed by atoms with Crippen molar-refractivity contribution in [3.63, 3.8) is 0 Å². The van der Waals surface area contributed by atoms with E-state index in [1.807, 2.05) is 0 Å². The molecular weight excluding hydrogens is 369 g/mol. The summed E-state index contributed by atoms with van der Waals surface area (Å²) in [6.45, 7) is 0. The summed E-state index contributed by atoms with van der Waals surface area (Å²) in [6, 6.07) is 9.58. The summed E-state index contributed by atoms with van der Waals surface area (Å²) in [5.41, 5.74) is 0.495. The van der Waals surface area contributed by atoms with Gasteiger partial charge in [-0.2, -0.15) is 0 Å². The van der Waals surface area contributed by atoms with Gasteiger partial charge in [-0.05, 0) is 29.8 Å². The van der Waals surface area contributed by atoms with Gasteiger partial charge in [0.05, 0.1) is 9.95 Å². The van der Waals surface area contributed by atoms with Crippen LogP contribution in [0.1, 0.15) is 5.56 Å². The van der Waals surface area contributed by atoms with Crippen LogP contribution in [0.25, 0.3) is 0 Å². The second-order valence-electron chi connectivity index (χ2n) is 3.87. The summed E-state index contributed by atoms with van der Waals surface area (Å²) in [5.74, 6) is 0.657. The van der Waals surface area contributed by atoms with Crippen LogP contribution in [0, 0.1) is 10.1 Å². The van der Waals surface area contributed by atoms with Crippen LogP contribution in [-0.2, 0) is 5.88 Å². The lowest BCUT2D eigenvalue weighted by Crippen LogP contribution is -1.95. The van der Waals surface area contributed by atoms with Gasteiger partial charge in [0, 0.05) is 16.4 Å². The number of benzene rings is 2. The van der Waals surface area contributed by atoms with Gasteiger partial charge in [-0.25, -0.2) is 0 Å².